The first kappa shape index (κ1) is 12.4. The molecule has 1 fully saturated rings. The van der Waals surface area contributed by atoms with Crippen LogP contribution in [0.25, 0.3) is 0 Å². The summed E-state index contributed by atoms with van der Waals surface area (Å²) < 4.78 is 5.70. The largest absolute Gasteiger partial charge is 0.491 e. The third-order valence-electron chi connectivity index (χ3n) is 3.45. The summed E-state index contributed by atoms with van der Waals surface area (Å²) in [6.07, 6.45) is 4.20. The van der Waals surface area contributed by atoms with Gasteiger partial charge in [0.25, 0.3) is 0 Å². The summed E-state index contributed by atoms with van der Waals surface area (Å²) in [5.41, 5.74) is 1.67. The lowest BCUT2D eigenvalue weighted by atomic mass is 9.78. The van der Waals surface area contributed by atoms with Gasteiger partial charge in [0.2, 0.25) is 0 Å². The van der Waals surface area contributed by atoms with E-state index >= 15 is 0 Å². The number of hydrogen-bond donors (Lipinski definition) is 1. The Morgan fingerprint density at radius 3 is 2.71 bits per heavy atom. The number of nitrogens with one attached hydrogen (secondary N) is 1. The molecule has 0 radical (unpaired) electrons. The molecule has 1 N–H and O–H groups in total. The van der Waals surface area contributed by atoms with Crippen molar-refractivity contribution >= 4 is 0 Å². The zero-order valence-corrected chi connectivity index (χ0v) is 11.1. The number of ether oxygens (including phenoxy) is 1. The van der Waals surface area contributed by atoms with Crippen LogP contribution in [0.2, 0.25) is 0 Å². The quantitative estimate of drug-likeness (QED) is 0.840. The van der Waals surface area contributed by atoms with Crippen LogP contribution in [0.3, 0.4) is 0 Å². The highest BCUT2D eigenvalue weighted by Gasteiger charge is 2.30. The highest BCUT2D eigenvalue weighted by molar-refractivity contribution is 5.28. The van der Waals surface area contributed by atoms with Crippen molar-refractivity contribution in [3.05, 3.63) is 29.8 Å². The third-order valence-corrected chi connectivity index (χ3v) is 3.45. The van der Waals surface area contributed by atoms with E-state index in [0.717, 1.165) is 12.3 Å². The van der Waals surface area contributed by atoms with E-state index in [9.17, 15) is 0 Å². The molecule has 0 aromatic heterocycles. The second-order valence-corrected chi connectivity index (χ2v) is 5.58. The van der Waals surface area contributed by atoms with Crippen LogP contribution in [-0.2, 0) is 6.54 Å². The Labute approximate surface area is 104 Å². The van der Waals surface area contributed by atoms with Crippen molar-refractivity contribution in [3.8, 4) is 5.75 Å². The van der Waals surface area contributed by atoms with Crippen LogP contribution in [0.15, 0.2) is 24.3 Å². The van der Waals surface area contributed by atoms with E-state index in [0.29, 0.717) is 5.54 Å². The van der Waals surface area contributed by atoms with E-state index in [2.05, 4.69) is 44.3 Å². The minimum absolute atomic E-state index is 0.238. The lowest BCUT2D eigenvalue weighted by molar-refractivity contribution is 0.206. The fraction of sp³-hybridized carbons (Fsp3) is 0.600. The molecule has 0 saturated heterocycles. The molecule has 1 aliphatic carbocycles. The fourth-order valence-corrected chi connectivity index (χ4v) is 2.20. The molecular formula is C15H23NO. The molecule has 0 aliphatic heterocycles. The van der Waals surface area contributed by atoms with Crippen LogP contribution in [-0.4, -0.2) is 11.6 Å². The van der Waals surface area contributed by atoms with Crippen LogP contribution >= 0.6 is 0 Å². The first-order valence-corrected chi connectivity index (χ1v) is 6.58. The maximum atomic E-state index is 5.70. The SMILES string of the molecule is CC(C)Oc1cccc(CNC2(C)CCC2)c1. The molecule has 1 aliphatic rings. The van der Waals surface area contributed by atoms with Gasteiger partial charge in [0.05, 0.1) is 6.10 Å². The van der Waals surface area contributed by atoms with Gasteiger partial charge in [-0.1, -0.05) is 12.1 Å². The van der Waals surface area contributed by atoms with Crippen LogP contribution in [0.1, 0.15) is 45.6 Å². The smallest absolute Gasteiger partial charge is 0.120 e. The molecule has 1 saturated carbocycles. The van der Waals surface area contributed by atoms with Crippen molar-refractivity contribution in [2.75, 3.05) is 0 Å². The highest BCUT2D eigenvalue weighted by atomic mass is 16.5. The molecule has 17 heavy (non-hydrogen) atoms. The summed E-state index contributed by atoms with van der Waals surface area (Å²) in [4.78, 5) is 0. The average molecular weight is 233 g/mol. The van der Waals surface area contributed by atoms with Gasteiger partial charge >= 0.3 is 0 Å². The highest BCUT2D eigenvalue weighted by Crippen LogP contribution is 2.31. The van der Waals surface area contributed by atoms with Crippen molar-refractivity contribution < 1.29 is 4.74 Å². The second-order valence-electron chi connectivity index (χ2n) is 5.58. The number of rotatable bonds is 5. The zero-order valence-electron chi connectivity index (χ0n) is 11.1. The van der Waals surface area contributed by atoms with Gasteiger partial charge in [-0.05, 0) is 57.7 Å². The zero-order chi connectivity index (χ0) is 12.3. The molecule has 2 rings (SSSR count). The molecule has 0 heterocycles. The van der Waals surface area contributed by atoms with Gasteiger partial charge in [-0.25, -0.2) is 0 Å². The van der Waals surface area contributed by atoms with E-state index < -0.39 is 0 Å². The summed E-state index contributed by atoms with van der Waals surface area (Å²) >= 11 is 0. The molecule has 0 bridgehead atoms. The van der Waals surface area contributed by atoms with Crippen molar-refractivity contribution in [1.29, 1.82) is 0 Å². The molecule has 2 heteroatoms. The van der Waals surface area contributed by atoms with E-state index in [1.807, 2.05) is 6.07 Å². The Kier molecular flexibility index (Phi) is 3.72. The Morgan fingerprint density at radius 1 is 1.35 bits per heavy atom. The lowest BCUT2D eigenvalue weighted by Crippen LogP contribution is -2.47. The van der Waals surface area contributed by atoms with Crippen molar-refractivity contribution in [2.45, 2.75) is 58.2 Å². The van der Waals surface area contributed by atoms with Gasteiger partial charge in [0.15, 0.2) is 0 Å². The van der Waals surface area contributed by atoms with Crippen molar-refractivity contribution in [1.82, 2.24) is 5.32 Å². The molecule has 1 aromatic carbocycles. The normalized spacial score (nSPS) is 17.9. The summed E-state index contributed by atoms with van der Waals surface area (Å²) in [5.74, 6) is 0.970. The lowest BCUT2D eigenvalue weighted by Gasteiger charge is -2.39. The standard InChI is InChI=1S/C15H23NO/c1-12(2)17-14-7-4-6-13(10-14)11-16-15(3)8-5-9-15/h4,6-7,10,12,16H,5,8-9,11H2,1-3H3. The van der Waals surface area contributed by atoms with Gasteiger partial charge in [-0.2, -0.15) is 0 Å². The van der Waals surface area contributed by atoms with Gasteiger partial charge in [-0.15, -0.1) is 0 Å². The molecule has 0 atom stereocenters. The van der Waals surface area contributed by atoms with Crippen molar-refractivity contribution in [2.24, 2.45) is 0 Å². The molecule has 2 nitrogen and oxygen atoms in total. The summed E-state index contributed by atoms with van der Waals surface area (Å²) in [6, 6.07) is 8.38. The van der Waals surface area contributed by atoms with Crippen LogP contribution in [0, 0.1) is 0 Å². The topological polar surface area (TPSA) is 21.3 Å². The Balaban J connectivity index is 1.91. The van der Waals surface area contributed by atoms with Crippen LogP contribution in [0.5, 0.6) is 5.75 Å². The first-order valence-electron chi connectivity index (χ1n) is 6.58. The van der Waals surface area contributed by atoms with Gasteiger partial charge < -0.3 is 10.1 Å². The third kappa shape index (κ3) is 3.47. The predicted molar refractivity (Wildman–Crippen MR) is 71.3 cm³/mol. The Hall–Kier alpha value is -1.02. The molecule has 0 unspecified atom stereocenters. The molecule has 0 spiro atoms. The number of hydrogen-bond acceptors (Lipinski definition) is 2. The van der Waals surface area contributed by atoms with Gasteiger partial charge in [0.1, 0.15) is 5.75 Å². The fourth-order valence-electron chi connectivity index (χ4n) is 2.20. The minimum atomic E-state index is 0.238. The van der Waals surface area contributed by atoms with E-state index in [4.69, 9.17) is 4.74 Å². The summed E-state index contributed by atoms with van der Waals surface area (Å²) in [5, 5.41) is 3.64. The summed E-state index contributed by atoms with van der Waals surface area (Å²) in [6.45, 7) is 7.36. The Morgan fingerprint density at radius 2 is 2.12 bits per heavy atom. The van der Waals surface area contributed by atoms with Crippen molar-refractivity contribution in [3.63, 3.8) is 0 Å². The van der Waals surface area contributed by atoms with Crippen LogP contribution < -0.4 is 10.1 Å². The molecule has 94 valence electrons. The van der Waals surface area contributed by atoms with Crippen LogP contribution in [0.4, 0.5) is 0 Å². The summed E-state index contributed by atoms with van der Waals surface area (Å²) in [7, 11) is 0. The second kappa shape index (κ2) is 5.09. The molecule has 0 amide bonds. The average Bonchev–Trinajstić information content (AvgIpc) is 2.23. The molecule has 1 aromatic rings. The van der Waals surface area contributed by atoms with E-state index in [1.54, 1.807) is 0 Å². The number of benzene rings is 1. The van der Waals surface area contributed by atoms with Gasteiger partial charge in [0, 0.05) is 12.1 Å². The predicted octanol–water partition coefficient (Wildman–Crippen LogP) is 3.51. The van der Waals surface area contributed by atoms with E-state index in [-0.39, 0.29) is 6.10 Å². The Bertz CT molecular complexity index is 369. The minimum Gasteiger partial charge on any atom is -0.491 e. The monoisotopic (exact) mass is 233 g/mol. The first-order chi connectivity index (χ1) is 8.07. The maximum absolute atomic E-state index is 5.70. The molecular weight excluding hydrogens is 210 g/mol. The van der Waals surface area contributed by atoms with E-state index in [1.165, 1.54) is 24.8 Å². The maximum Gasteiger partial charge on any atom is 0.120 e. The van der Waals surface area contributed by atoms with Gasteiger partial charge in [-0.3, -0.25) is 0 Å².